The molecule has 1 aliphatic carbocycles. The Morgan fingerprint density at radius 3 is 2.43 bits per heavy atom. The van der Waals surface area contributed by atoms with Crippen molar-refractivity contribution in [2.24, 2.45) is 0 Å². The molecule has 1 aliphatic rings. The highest BCUT2D eigenvalue weighted by Crippen LogP contribution is 2.42. The van der Waals surface area contributed by atoms with Gasteiger partial charge in [-0.2, -0.15) is 5.10 Å². The van der Waals surface area contributed by atoms with Crippen molar-refractivity contribution in [3.05, 3.63) is 87.8 Å². The third-order valence-electron chi connectivity index (χ3n) is 5.88. The Kier molecular flexibility index (Phi) is 5.40. The number of hydrogen-bond donors (Lipinski definition) is 2. The van der Waals surface area contributed by atoms with Crippen molar-refractivity contribution in [2.45, 2.75) is 44.6 Å². The Morgan fingerprint density at radius 1 is 1.10 bits per heavy atom. The third-order valence-corrected chi connectivity index (χ3v) is 5.88. The van der Waals surface area contributed by atoms with E-state index in [1.807, 2.05) is 37.3 Å². The van der Waals surface area contributed by atoms with Crippen molar-refractivity contribution < 1.29 is 9.90 Å². The van der Waals surface area contributed by atoms with Gasteiger partial charge in [0.25, 0.3) is 11.3 Å². The Balaban J connectivity index is 1.65. The molecular formula is C24H25N3O3. The van der Waals surface area contributed by atoms with Crippen molar-refractivity contribution in [3.8, 4) is 5.75 Å². The number of rotatable bonds is 5. The van der Waals surface area contributed by atoms with Gasteiger partial charge in [0.2, 0.25) is 0 Å². The predicted octanol–water partition coefficient (Wildman–Crippen LogP) is 4.02. The van der Waals surface area contributed by atoms with Crippen molar-refractivity contribution in [1.82, 2.24) is 9.78 Å². The summed E-state index contributed by atoms with van der Waals surface area (Å²) in [5, 5.41) is 17.2. The monoisotopic (exact) mass is 403 g/mol. The summed E-state index contributed by atoms with van der Waals surface area (Å²) in [6, 6.07) is 17.5. The first-order valence-corrected chi connectivity index (χ1v) is 10.2. The average molecular weight is 403 g/mol. The molecule has 0 unspecified atom stereocenters. The summed E-state index contributed by atoms with van der Waals surface area (Å²) < 4.78 is 1.54. The number of hydrogen-bond acceptors (Lipinski definition) is 4. The van der Waals surface area contributed by atoms with Crippen LogP contribution in [0.5, 0.6) is 5.75 Å². The normalized spacial score (nSPS) is 15.1. The van der Waals surface area contributed by atoms with Crippen LogP contribution in [-0.2, 0) is 12.0 Å². The number of carbonyl (C=O) groups is 1. The van der Waals surface area contributed by atoms with Crippen LogP contribution in [-0.4, -0.2) is 20.8 Å². The fourth-order valence-electron chi connectivity index (χ4n) is 4.27. The molecule has 30 heavy (non-hydrogen) atoms. The molecule has 6 nitrogen and oxygen atoms in total. The zero-order valence-electron chi connectivity index (χ0n) is 17.0. The summed E-state index contributed by atoms with van der Waals surface area (Å²) in [4.78, 5) is 25.1. The van der Waals surface area contributed by atoms with E-state index in [1.165, 1.54) is 11.8 Å². The van der Waals surface area contributed by atoms with Crippen LogP contribution >= 0.6 is 0 Å². The van der Waals surface area contributed by atoms with Gasteiger partial charge in [-0.05, 0) is 37.5 Å². The molecule has 4 rings (SSSR count). The fraction of sp³-hybridized carbons (Fsp3) is 0.292. The lowest BCUT2D eigenvalue weighted by atomic mass is 9.79. The van der Waals surface area contributed by atoms with Crippen LogP contribution in [0.25, 0.3) is 0 Å². The first-order chi connectivity index (χ1) is 14.5. The predicted molar refractivity (Wildman–Crippen MR) is 116 cm³/mol. The summed E-state index contributed by atoms with van der Waals surface area (Å²) in [5.41, 5.74) is 1.65. The van der Waals surface area contributed by atoms with Gasteiger partial charge in [0.15, 0.2) is 11.4 Å². The van der Waals surface area contributed by atoms with Crippen LogP contribution < -0.4 is 10.7 Å². The van der Waals surface area contributed by atoms with Crippen molar-refractivity contribution in [2.75, 3.05) is 5.32 Å². The fourth-order valence-corrected chi connectivity index (χ4v) is 4.27. The van der Waals surface area contributed by atoms with Gasteiger partial charge in [-0.25, -0.2) is 0 Å². The van der Waals surface area contributed by atoms with Crippen LogP contribution in [0.2, 0.25) is 0 Å². The summed E-state index contributed by atoms with van der Waals surface area (Å²) >= 11 is 0. The number of aromatic nitrogens is 2. The number of anilines is 1. The molecule has 1 aromatic heterocycles. The quantitative estimate of drug-likeness (QED) is 0.674. The second kappa shape index (κ2) is 8.14. The smallest absolute Gasteiger partial charge is 0.280 e. The molecule has 3 aromatic rings. The lowest BCUT2D eigenvalue weighted by Crippen LogP contribution is -2.32. The van der Waals surface area contributed by atoms with Crippen molar-refractivity contribution in [1.29, 1.82) is 0 Å². The maximum Gasteiger partial charge on any atom is 0.280 e. The van der Waals surface area contributed by atoms with E-state index in [9.17, 15) is 14.7 Å². The van der Waals surface area contributed by atoms with Gasteiger partial charge >= 0.3 is 0 Å². The van der Waals surface area contributed by atoms with E-state index in [0.717, 1.165) is 31.2 Å². The van der Waals surface area contributed by atoms with Gasteiger partial charge in [-0.1, -0.05) is 60.9 Å². The van der Waals surface area contributed by atoms with E-state index in [2.05, 4.69) is 22.5 Å². The number of carbonyl (C=O) groups excluding carboxylic acids is 1. The first-order valence-electron chi connectivity index (χ1n) is 10.2. The first kappa shape index (κ1) is 19.9. The number of aryl methyl sites for hydroxylation is 1. The maximum atomic E-state index is 12.7. The van der Waals surface area contributed by atoms with Crippen LogP contribution in [0, 0.1) is 6.92 Å². The molecule has 0 saturated heterocycles. The van der Waals surface area contributed by atoms with Crippen LogP contribution in [0.1, 0.15) is 47.3 Å². The molecule has 2 aromatic carbocycles. The summed E-state index contributed by atoms with van der Waals surface area (Å²) in [7, 11) is 0. The second-order valence-corrected chi connectivity index (χ2v) is 8.06. The molecule has 1 fully saturated rings. The highest BCUT2D eigenvalue weighted by molar-refractivity contribution is 6.02. The third kappa shape index (κ3) is 3.99. The van der Waals surface area contributed by atoms with Gasteiger partial charge in [0.1, 0.15) is 0 Å². The molecule has 1 amide bonds. The number of benzene rings is 2. The van der Waals surface area contributed by atoms with Crippen molar-refractivity contribution in [3.63, 3.8) is 0 Å². The standard InChI is InChI=1S/C24H25N3O3/c1-17-9-11-19(12-10-17)25-23(30)21-22(29)20(28)15-27(26-21)16-24(13-5-6-14-24)18-7-3-2-4-8-18/h2-4,7-12,15,28H,5-6,13-14,16H2,1H3,(H,25,30). The molecule has 0 spiro atoms. The van der Waals surface area contributed by atoms with Gasteiger partial charge in [-0.15, -0.1) is 0 Å². The lowest BCUT2D eigenvalue weighted by Gasteiger charge is -2.30. The lowest BCUT2D eigenvalue weighted by molar-refractivity contribution is 0.101. The van der Waals surface area contributed by atoms with Crippen LogP contribution in [0.15, 0.2) is 65.6 Å². The minimum absolute atomic E-state index is 0.125. The van der Waals surface area contributed by atoms with E-state index in [0.29, 0.717) is 12.2 Å². The van der Waals surface area contributed by atoms with Gasteiger partial charge in [0.05, 0.1) is 12.7 Å². The van der Waals surface area contributed by atoms with Crippen LogP contribution in [0.4, 0.5) is 5.69 Å². The van der Waals surface area contributed by atoms with Gasteiger partial charge in [0, 0.05) is 11.1 Å². The Labute approximate surface area is 175 Å². The van der Waals surface area contributed by atoms with Gasteiger partial charge in [-0.3, -0.25) is 14.3 Å². The minimum Gasteiger partial charge on any atom is -0.503 e. The number of nitrogens with one attached hydrogen (secondary N) is 1. The maximum absolute atomic E-state index is 12.7. The largest absolute Gasteiger partial charge is 0.503 e. The molecule has 1 heterocycles. The van der Waals surface area contributed by atoms with E-state index in [1.54, 1.807) is 16.8 Å². The number of aromatic hydroxyl groups is 1. The molecule has 2 N–H and O–H groups in total. The van der Waals surface area contributed by atoms with E-state index in [4.69, 9.17) is 0 Å². The van der Waals surface area contributed by atoms with E-state index < -0.39 is 17.1 Å². The molecule has 0 atom stereocenters. The molecule has 154 valence electrons. The molecule has 0 bridgehead atoms. The molecule has 1 saturated carbocycles. The number of amides is 1. The minimum atomic E-state index is -0.768. The summed E-state index contributed by atoms with van der Waals surface area (Å²) in [6.07, 6.45) is 5.55. The van der Waals surface area contributed by atoms with Crippen molar-refractivity contribution >= 4 is 11.6 Å². The molecular weight excluding hydrogens is 378 g/mol. The summed E-state index contributed by atoms with van der Waals surface area (Å²) in [6.45, 7) is 2.45. The molecule has 6 heteroatoms. The second-order valence-electron chi connectivity index (χ2n) is 8.06. The van der Waals surface area contributed by atoms with E-state index >= 15 is 0 Å². The summed E-state index contributed by atoms with van der Waals surface area (Å²) in [5.74, 6) is -1.10. The van der Waals surface area contributed by atoms with Gasteiger partial charge < -0.3 is 10.4 Å². The Hall–Kier alpha value is -3.41. The molecule has 0 aliphatic heterocycles. The Bertz CT molecular complexity index is 1100. The zero-order valence-corrected chi connectivity index (χ0v) is 17.0. The van der Waals surface area contributed by atoms with E-state index in [-0.39, 0.29) is 11.1 Å². The topological polar surface area (TPSA) is 84.2 Å². The Morgan fingerprint density at radius 2 is 1.77 bits per heavy atom. The highest BCUT2D eigenvalue weighted by atomic mass is 16.3. The zero-order chi connectivity index (χ0) is 21.1. The highest BCUT2D eigenvalue weighted by Gasteiger charge is 2.36. The SMILES string of the molecule is Cc1ccc(NC(=O)c2nn(CC3(c4ccccc4)CCCC3)cc(O)c2=O)cc1. The molecule has 0 radical (unpaired) electrons. The van der Waals surface area contributed by atoms with Crippen LogP contribution in [0.3, 0.4) is 0 Å². The average Bonchev–Trinajstić information content (AvgIpc) is 3.22. The number of nitrogens with zero attached hydrogens (tertiary/aromatic N) is 2.